The van der Waals surface area contributed by atoms with Crippen molar-refractivity contribution >= 4 is 27.5 Å². The van der Waals surface area contributed by atoms with Crippen molar-refractivity contribution in [3.05, 3.63) is 51.2 Å². The van der Waals surface area contributed by atoms with E-state index in [1.807, 2.05) is 37.6 Å². The Kier molecular flexibility index (Phi) is 4.20. The van der Waals surface area contributed by atoms with Gasteiger partial charge in [0.1, 0.15) is 0 Å². The largest absolute Gasteiger partial charge is 0.309 e. The molecule has 5 heteroatoms. The van der Waals surface area contributed by atoms with Gasteiger partial charge in [0, 0.05) is 36.4 Å². The summed E-state index contributed by atoms with van der Waals surface area (Å²) >= 11 is 9.40. The standard InChI is InChI=1S/C12H13BrClN3/c1-17-8-10(7-16-17)6-15-5-9-2-3-11(13)12(14)4-9/h2-4,7-8,15H,5-6H2,1H3. The number of rotatable bonds is 4. The maximum Gasteiger partial charge on any atom is 0.0551 e. The van der Waals surface area contributed by atoms with Crippen LogP contribution in [0.25, 0.3) is 0 Å². The average Bonchev–Trinajstić information content (AvgIpc) is 2.70. The first kappa shape index (κ1) is 12.6. The molecule has 0 aliphatic rings. The number of aryl methyl sites for hydroxylation is 1. The summed E-state index contributed by atoms with van der Waals surface area (Å²) in [4.78, 5) is 0. The molecule has 17 heavy (non-hydrogen) atoms. The third kappa shape index (κ3) is 3.56. The van der Waals surface area contributed by atoms with Gasteiger partial charge in [-0.25, -0.2) is 0 Å². The molecule has 1 aromatic carbocycles. The van der Waals surface area contributed by atoms with E-state index in [1.165, 1.54) is 11.1 Å². The van der Waals surface area contributed by atoms with Crippen LogP contribution in [0.4, 0.5) is 0 Å². The second-order valence-corrected chi connectivity index (χ2v) is 5.14. The summed E-state index contributed by atoms with van der Waals surface area (Å²) < 4.78 is 2.73. The van der Waals surface area contributed by atoms with E-state index in [1.54, 1.807) is 4.68 Å². The molecule has 0 amide bonds. The Balaban J connectivity index is 1.87. The Morgan fingerprint density at radius 3 is 2.76 bits per heavy atom. The van der Waals surface area contributed by atoms with Gasteiger partial charge in [0.05, 0.1) is 11.2 Å². The minimum absolute atomic E-state index is 0.741. The fraction of sp³-hybridized carbons (Fsp3) is 0.250. The van der Waals surface area contributed by atoms with Gasteiger partial charge in [0.2, 0.25) is 0 Å². The van der Waals surface area contributed by atoms with E-state index in [0.717, 1.165) is 22.6 Å². The molecule has 2 aromatic rings. The van der Waals surface area contributed by atoms with E-state index >= 15 is 0 Å². The highest BCUT2D eigenvalue weighted by Gasteiger charge is 2.00. The lowest BCUT2D eigenvalue weighted by Gasteiger charge is -2.04. The summed E-state index contributed by atoms with van der Waals surface area (Å²) in [5, 5.41) is 8.21. The van der Waals surface area contributed by atoms with Crippen molar-refractivity contribution < 1.29 is 0 Å². The van der Waals surface area contributed by atoms with Crippen LogP contribution in [0.3, 0.4) is 0 Å². The lowest BCUT2D eigenvalue weighted by molar-refractivity contribution is 0.692. The summed E-state index contributed by atoms with van der Waals surface area (Å²) in [6.45, 7) is 1.60. The number of halogens is 2. The lowest BCUT2D eigenvalue weighted by Crippen LogP contribution is -2.12. The molecular weight excluding hydrogens is 302 g/mol. The van der Waals surface area contributed by atoms with Gasteiger partial charge in [-0.05, 0) is 33.6 Å². The van der Waals surface area contributed by atoms with Crippen LogP contribution >= 0.6 is 27.5 Å². The SMILES string of the molecule is Cn1cc(CNCc2ccc(Br)c(Cl)c2)cn1. The lowest BCUT2D eigenvalue weighted by atomic mass is 10.2. The first-order valence-electron chi connectivity index (χ1n) is 5.27. The van der Waals surface area contributed by atoms with Crippen molar-refractivity contribution in [2.24, 2.45) is 7.05 Å². The van der Waals surface area contributed by atoms with E-state index in [9.17, 15) is 0 Å². The zero-order valence-corrected chi connectivity index (χ0v) is 11.8. The van der Waals surface area contributed by atoms with Crippen LogP contribution in [0.5, 0.6) is 0 Å². The summed E-state index contributed by atoms with van der Waals surface area (Å²) in [6.07, 6.45) is 3.86. The van der Waals surface area contributed by atoms with Gasteiger partial charge in [-0.2, -0.15) is 5.10 Å². The molecule has 0 aliphatic carbocycles. The van der Waals surface area contributed by atoms with Crippen molar-refractivity contribution in [2.45, 2.75) is 13.1 Å². The second kappa shape index (κ2) is 5.67. The molecule has 1 aromatic heterocycles. The fourth-order valence-corrected chi connectivity index (χ4v) is 2.01. The maximum absolute atomic E-state index is 6.03. The van der Waals surface area contributed by atoms with Crippen LogP contribution in [0.2, 0.25) is 5.02 Å². The van der Waals surface area contributed by atoms with E-state index in [0.29, 0.717) is 0 Å². The summed E-state index contributed by atoms with van der Waals surface area (Å²) in [7, 11) is 1.91. The molecule has 0 aliphatic heterocycles. The highest BCUT2D eigenvalue weighted by molar-refractivity contribution is 9.10. The smallest absolute Gasteiger partial charge is 0.0551 e. The second-order valence-electron chi connectivity index (χ2n) is 3.87. The molecule has 0 atom stereocenters. The van der Waals surface area contributed by atoms with Gasteiger partial charge in [0.25, 0.3) is 0 Å². The first-order valence-corrected chi connectivity index (χ1v) is 6.44. The Morgan fingerprint density at radius 2 is 2.12 bits per heavy atom. The predicted octanol–water partition coefficient (Wildman–Crippen LogP) is 3.13. The predicted molar refractivity (Wildman–Crippen MR) is 72.9 cm³/mol. The van der Waals surface area contributed by atoms with Crippen LogP contribution in [0.1, 0.15) is 11.1 Å². The Labute approximate surface area is 114 Å². The average molecular weight is 315 g/mol. The fourth-order valence-electron chi connectivity index (χ4n) is 1.56. The van der Waals surface area contributed by atoms with Crippen molar-refractivity contribution in [3.8, 4) is 0 Å². The van der Waals surface area contributed by atoms with Gasteiger partial charge in [-0.3, -0.25) is 4.68 Å². The summed E-state index contributed by atoms with van der Waals surface area (Å²) in [6, 6.07) is 5.97. The van der Waals surface area contributed by atoms with Crippen molar-refractivity contribution in [1.82, 2.24) is 15.1 Å². The summed E-state index contributed by atoms with van der Waals surface area (Å²) in [5.74, 6) is 0. The molecule has 2 rings (SSSR count). The number of nitrogens with zero attached hydrogens (tertiary/aromatic N) is 2. The number of nitrogens with one attached hydrogen (secondary N) is 1. The molecule has 0 saturated carbocycles. The van der Waals surface area contributed by atoms with E-state index < -0.39 is 0 Å². The molecule has 0 unspecified atom stereocenters. The van der Waals surface area contributed by atoms with E-state index in [4.69, 9.17) is 11.6 Å². The van der Waals surface area contributed by atoms with Crippen LogP contribution in [-0.2, 0) is 20.1 Å². The molecular formula is C12H13BrClN3. The molecule has 3 nitrogen and oxygen atoms in total. The van der Waals surface area contributed by atoms with Crippen LogP contribution in [0.15, 0.2) is 35.1 Å². The Morgan fingerprint density at radius 1 is 1.35 bits per heavy atom. The number of aromatic nitrogens is 2. The van der Waals surface area contributed by atoms with Crippen LogP contribution in [-0.4, -0.2) is 9.78 Å². The topological polar surface area (TPSA) is 29.9 Å². The zero-order chi connectivity index (χ0) is 12.3. The molecule has 0 spiro atoms. The van der Waals surface area contributed by atoms with E-state index in [2.05, 4.69) is 26.3 Å². The molecule has 0 bridgehead atoms. The molecule has 90 valence electrons. The Bertz CT molecular complexity index is 510. The van der Waals surface area contributed by atoms with E-state index in [-0.39, 0.29) is 0 Å². The molecule has 1 heterocycles. The highest BCUT2D eigenvalue weighted by atomic mass is 79.9. The highest BCUT2D eigenvalue weighted by Crippen LogP contribution is 2.23. The minimum Gasteiger partial charge on any atom is -0.309 e. The van der Waals surface area contributed by atoms with Crippen LogP contribution in [0, 0.1) is 0 Å². The molecule has 1 N–H and O–H groups in total. The first-order chi connectivity index (χ1) is 8.15. The number of benzene rings is 1. The quantitative estimate of drug-likeness (QED) is 0.939. The molecule has 0 radical (unpaired) electrons. The number of hydrogen-bond donors (Lipinski definition) is 1. The third-order valence-electron chi connectivity index (χ3n) is 2.40. The van der Waals surface area contributed by atoms with Gasteiger partial charge in [0.15, 0.2) is 0 Å². The Hall–Kier alpha value is -0.840. The molecule has 0 saturated heterocycles. The van der Waals surface area contributed by atoms with Crippen molar-refractivity contribution in [3.63, 3.8) is 0 Å². The maximum atomic E-state index is 6.03. The van der Waals surface area contributed by atoms with Gasteiger partial charge in [-0.1, -0.05) is 17.7 Å². The minimum atomic E-state index is 0.741. The zero-order valence-electron chi connectivity index (χ0n) is 9.45. The normalized spacial score (nSPS) is 10.8. The van der Waals surface area contributed by atoms with Gasteiger partial charge in [-0.15, -0.1) is 0 Å². The van der Waals surface area contributed by atoms with Crippen molar-refractivity contribution in [2.75, 3.05) is 0 Å². The monoisotopic (exact) mass is 313 g/mol. The van der Waals surface area contributed by atoms with Gasteiger partial charge < -0.3 is 5.32 Å². The van der Waals surface area contributed by atoms with Crippen molar-refractivity contribution in [1.29, 1.82) is 0 Å². The molecule has 0 fully saturated rings. The number of hydrogen-bond acceptors (Lipinski definition) is 2. The van der Waals surface area contributed by atoms with Crippen LogP contribution < -0.4 is 5.32 Å². The third-order valence-corrected chi connectivity index (χ3v) is 3.63. The van der Waals surface area contributed by atoms with Gasteiger partial charge >= 0.3 is 0 Å². The summed E-state index contributed by atoms with van der Waals surface area (Å²) in [5.41, 5.74) is 2.35.